The minimum Gasteiger partial charge on any atom is -0.480 e. The van der Waals surface area contributed by atoms with Crippen molar-refractivity contribution < 1.29 is 15.0 Å². The first-order valence-electron chi connectivity index (χ1n) is 6.28. The Balaban J connectivity index is 1.99. The standard InChI is InChI=1S/C12H21NO3/c1-2-3-10(12(15)16)13-6-8-4-5-11(14)9(8)7-13/h8-11,14H,2-7H2,1H3,(H,15,16). The van der Waals surface area contributed by atoms with E-state index in [9.17, 15) is 15.0 Å². The van der Waals surface area contributed by atoms with Crippen molar-refractivity contribution in [2.45, 2.75) is 44.8 Å². The smallest absolute Gasteiger partial charge is 0.320 e. The Morgan fingerprint density at radius 3 is 2.75 bits per heavy atom. The molecular weight excluding hydrogens is 206 g/mol. The molecule has 2 rings (SSSR count). The molecule has 2 aliphatic rings. The van der Waals surface area contributed by atoms with E-state index in [0.29, 0.717) is 18.3 Å². The summed E-state index contributed by atoms with van der Waals surface area (Å²) in [6, 6.07) is -0.345. The third-order valence-electron chi connectivity index (χ3n) is 4.14. The highest BCUT2D eigenvalue weighted by atomic mass is 16.4. The summed E-state index contributed by atoms with van der Waals surface area (Å²) in [7, 11) is 0. The predicted molar refractivity (Wildman–Crippen MR) is 60.1 cm³/mol. The molecule has 16 heavy (non-hydrogen) atoms. The number of carboxylic acids is 1. The number of rotatable bonds is 4. The normalized spacial score (nSPS) is 36.2. The Kier molecular flexibility index (Phi) is 3.50. The average molecular weight is 227 g/mol. The maximum Gasteiger partial charge on any atom is 0.320 e. The molecule has 0 aromatic carbocycles. The molecule has 1 saturated carbocycles. The van der Waals surface area contributed by atoms with E-state index < -0.39 is 5.97 Å². The van der Waals surface area contributed by atoms with Gasteiger partial charge in [-0.05, 0) is 25.2 Å². The first kappa shape index (κ1) is 11.9. The maximum absolute atomic E-state index is 11.2. The Morgan fingerprint density at radius 2 is 2.19 bits per heavy atom. The van der Waals surface area contributed by atoms with Crippen molar-refractivity contribution in [1.29, 1.82) is 0 Å². The summed E-state index contributed by atoms with van der Waals surface area (Å²) in [5, 5.41) is 19.0. The fourth-order valence-corrected chi connectivity index (χ4v) is 3.26. The molecule has 0 radical (unpaired) electrons. The number of aliphatic hydroxyl groups is 1. The van der Waals surface area contributed by atoms with Gasteiger partial charge in [0.25, 0.3) is 0 Å². The van der Waals surface area contributed by atoms with Crippen LogP contribution in [0.2, 0.25) is 0 Å². The second-order valence-corrected chi connectivity index (χ2v) is 5.17. The predicted octanol–water partition coefficient (Wildman–Crippen LogP) is 0.942. The Hall–Kier alpha value is -0.610. The van der Waals surface area contributed by atoms with E-state index in [1.807, 2.05) is 6.92 Å². The summed E-state index contributed by atoms with van der Waals surface area (Å²) < 4.78 is 0. The molecule has 0 aromatic rings. The van der Waals surface area contributed by atoms with Crippen LogP contribution in [0.1, 0.15) is 32.6 Å². The third kappa shape index (κ3) is 2.09. The van der Waals surface area contributed by atoms with Gasteiger partial charge >= 0.3 is 5.97 Å². The van der Waals surface area contributed by atoms with Gasteiger partial charge in [-0.25, -0.2) is 0 Å². The van der Waals surface area contributed by atoms with Gasteiger partial charge in [0.2, 0.25) is 0 Å². The lowest BCUT2D eigenvalue weighted by atomic mass is 10.00. The summed E-state index contributed by atoms with van der Waals surface area (Å²) in [6.45, 7) is 3.64. The Morgan fingerprint density at radius 1 is 1.44 bits per heavy atom. The van der Waals surface area contributed by atoms with E-state index in [4.69, 9.17) is 0 Å². The molecule has 92 valence electrons. The van der Waals surface area contributed by atoms with Gasteiger partial charge in [-0.15, -0.1) is 0 Å². The van der Waals surface area contributed by atoms with Crippen LogP contribution in [-0.2, 0) is 4.79 Å². The molecule has 0 spiro atoms. The zero-order valence-corrected chi connectivity index (χ0v) is 9.80. The van der Waals surface area contributed by atoms with Crippen LogP contribution in [0.3, 0.4) is 0 Å². The first-order chi connectivity index (χ1) is 7.63. The minimum atomic E-state index is -0.712. The lowest BCUT2D eigenvalue weighted by molar-refractivity contribution is -0.143. The molecule has 2 fully saturated rings. The van der Waals surface area contributed by atoms with E-state index in [1.54, 1.807) is 0 Å². The van der Waals surface area contributed by atoms with E-state index in [1.165, 1.54) is 0 Å². The Labute approximate surface area is 96.3 Å². The van der Waals surface area contributed by atoms with Crippen molar-refractivity contribution in [3.8, 4) is 0 Å². The van der Waals surface area contributed by atoms with Gasteiger partial charge in [-0.2, -0.15) is 0 Å². The highest BCUT2D eigenvalue weighted by Gasteiger charge is 2.44. The number of carboxylic acid groups (broad SMARTS) is 1. The van der Waals surface area contributed by atoms with Gasteiger partial charge in [0.1, 0.15) is 6.04 Å². The number of nitrogens with zero attached hydrogens (tertiary/aromatic N) is 1. The summed E-state index contributed by atoms with van der Waals surface area (Å²) >= 11 is 0. The minimum absolute atomic E-state index is 0.203. The first-order valence-corrected chi connectivity index (χ1v) is 6.28. The van der Waals surface area contributed by atoms with E-state index in [2.05, 4.69) is 4.90 Å². The fourth-order valence-electron chi connectivity index (χ4n) is 3.26. The van der Waals surface area contributed by atoms with Gasteiger partial charge in [-0.1, -0.05) is 13.3 Å². The number of aliphatic carboxylic acids is 1. The highest BCUT2D eigenvalue weighted by molar-refractivity contribution is 5.73. The summed E-state index contributed by atoms with van der Waals surface area (Å²) in [5.74, 6) is 0.128. The second kappa shape index (κ2) is 4.72. The van der Waals surface area contributed by atoms with Gasteiger partial charge in [0.15, 0.2) is 0 Å². The maximum atomic E-state index is 11.2. The van der Waals surface area contributed by atoms with E-state index >= 15 is 0 Å². The topological polar surface area (TPSA) is 60.8 Å². The van der Waals surface area contributed by atoms with Crippen LogP contribution >= 0.6 is 0 Å². The number of hydrogen-bond acceptors (Lipinski definition) is 3. The number of carbonyl (C=O) groups is 1. The average Bonchev–Trinajstić information content (AvgIpc) is 2.77. The summed E-state index contributed by atoms with van der Waals surface area (Å²) in [4.78, 5) is 13.2. The monoisotopic (exact) mass is 227 g/mol. The van der Waals surface area contributed by atoms with Crippen LogP contribution in [0.5, 0.6) is 0 Å². The molecule has 1 aliphatic heterocycles. The zero-order valence-electron chi connectivity index (χ0n) is 9.80. The van der Waals surface area contributed by atoms with Crippen LogP contribution in [0, 0.1) is 11.8 Å². The molecule has 4 atom stereocenters. The second-order valence-electron chi connectivity index (χ2n) is 5.17. The molecule has 1 saturated heterocycles. The lowest BCUT2D eigenvalue weighted by Crippen LogP contribution is -2.40. The van der Waals surface area contributed by atoms with Crippen LogP contribution in [0.15, 0.2) is 0 Å². The molecule has 4 nitrogen and oxygen atoms in total. The van der Waals surface area contributed by atoms with Crippen molar-refractivity contribution in [2.24, 2.45) is 11.8 Å². The molecule has 0 aromatic heterocycles. The molecule has 1 heterocycles. The largest absolute Gasteiger partial charge is 0.480 e. The third-order valence-corrected chi connectivity index (χ3v) is 4.14. The quantitative estimate of drug-likeness (QED) is 0.750. The number of fused-ring (bicyclic) bond motifs is 1. The van der Waals surface area contributed by atoms with Crippen molar-refractivity contribution >= 4 is 5.97 Å². The van der Waals surface area contributed by atoms with E-state index in [-0.39, 0.29) is 12.1 Å². The van der Waals surface area contributed by atoms with Gasteiger partial charge < -0.3 is 10.2 Å². The molecule has 4 unspecified atom stereocenters. The van der Waals surface area contributed by atoms with Crippen molar-refractivity contribution in [1.82, 2.24) is 4.90 Å². The van der Waals surface area contributed by atoms with Crippen molar-refractivity contribution in [3.63, 3.8) is 0 Å². The van der Waals surface area contributed by atoms with Crippen LogP contribution in [0.25, 0.3) is 0 Å². The van der Waals surface area contributed by atoms with Gasteiger partial charge in [0.05, 0.1) is 6.10 Å². The molecule has 4 heteroatoms. The Bertz CT molecular complexity index is 269. The molecule has 0 bridgehead atoms. The van der Waals surface area contributed by atoms with Crippen LogP contribution in [-0.4, -0.2) is 46.3 Å². The SMILES string of the molecule is CCCC(C(=O)O)N1CC2CCC(O)C2C1. The van der Waals surface area contributed by atoms with Crippen molar-refractivity contribution in [2.75, 3.05) is 13.1 Å². The van der Waals surface area contributed by atoms with Crippen LogP contribution < -0.4 is 0 Å². The molecule has 0 amide bonds. The van der Waals surface area contributed by atoms with Crippen molar-refractivity contribution in [3.05, 3.63) is 0 Å². The van der Waals surface area contributed by atoms with E-state index in [0.717, 1.165) is 32.4 Å². The molecule has 2 N–H and O–H groups in total. The zero-order chi connectivity index (χ0) is 11.7. The van der Waals surface area contributed by atoms with Gasteiger partial charge in [-0.3, -0.25) is 9.69 Å². The molecular formula is C12H21NO3. The fraction of sp³-hybridized carbons (Fsp3) is 0.917. The highest BCUT2D eigenvalue weighted by Crippen LogP contribution is 2.39. The summed E-state index contributed by atoms with van der Waals surface area (Å²) in [5.41, 5.74) is 0. The van der Waals surface area contributed by atoms with Gasteiger partial charge in [0, 0.05) is 19.0 Å². The lowest BCUT2D eigenvalue weighted by Gasteiger charge is -2.25. The molecule has 1 aliphatic carbocycles. The number of hydrogen-bond donors (Lipinski definition) is 2. The number of aliphatic hydroxyl groups excluding tert-OH is 1. The van der Waals surface area contributed by atoms with Crippen LogP contribution in [0.4, 0.5) is 0 Å². The number of likely N-dealkylation sites (tertiary alicyclic amines) is 1. The summed E-state index contributed by atoms with van der Waals surface area (Å²) in [6.07, 6.45) is 3.36.